The Morgan fingerprint density at radius 3 is 1.32 bits per heavy atom. The van der Waals surface area contributed by atoms with Crippen molar-refractivity contribution in [2.45, 2.75) is 306 Å². The molecule has 2 saturated heterocycles. The van der Waals surface area contributed by atoms with Gasteiger partial charge >= 0.3 is 0 Å². The van der Waals surface area contributed by atoms with Crippen LogP contribution >= 0.6 is 0 Å². The quantitative estimate of drug-likeness (QED) is 0.0205. The number of carbonyl (C=O) groups excluding carboxylic acids is 1. The summed E-state index contributed by atoms with van der Waals surface area (Å²) in [6.07, 6.45) is 40.2. The lowest BCUT2D eigenvalue weighted by atomic mass is 9.97. The normalized spacial score (nSPS) is 25.5. The monoisotopic (exact) mass is 1050 g/mol. The van der Waals surface area contributed by atoms with E-state index in [2.05, 4.69) is 55.6 Å². The van der Waals surface area contributed by atoms with Gasteiger partial charge in [-0.25, -0.2) is 0 Å². The summed E-state index contributed by atoms with van der Waals surface area (Å²) in [5.41, 5.74) is 0. The highest BCUT2D eigenvalue weighted by Crippen LogP contribution is 2.30. The van der Waals surface area contributed by atoms with Gasteiger partial charge in [-0.15, -0.1) is 0 Å². The minimum absolute atomic E-state index is 0.259. The first-order valence-corrected chi connectivity index (χ1v) is 29.9. The van der Waals surface area contributed by atoms with Crippen LogP contribution in [0, 0.1) is 0 Å². The van der Waals surface area contributed by atoms with Gasteiger partial charge in [-0.2, -0.15) is 0 Å². The lowest BCUT2D eigenvalue weighted by molar-refractivity contribution is -0.359. The minimum atomic E-state index is -1.79. The van der Waals surface area contributed by atoms with Gasteiger partial charge in [0.1, 0.15) is 48.8 Å². The molecule has 2 fully saturated rings. The molecule has 2 rings (SSSR count). The van der Waals surface area contributed by atoms with Crippen molar-refractivity contribution in [3.63, 3.8) is 0 Å². The van der Waals surface area contributed by atoms with Crippen LogP contribution < -0.4 is 5.32 Å². The van der Waals surface area contributed by atoms with Gasteiger partial charge < -0.3 is 65.1 Å². The SMILES string of the molecule is CCCCCCC/C=C\CCCCCCCC(=O)NC(COC1OC(CO)C(OC2OC(CO)C(O)C(O)C2O)C(O)C1O)C(O)/C=C/CC/C=C/CC/C=C/CCCCCCCCCCCCCCCCCC. The van der Waals surface area contributed by atoms with Crippen molar-refractivity contribution in [3.05, 3.63) is 48.6 Å². The molecular formula is C60H109NO13. The van der Waals surface area contributed by atoms with Gasteiger partial charge in [0.2, 0.25) is 5.91 Å². The first-order chi connectivity index (χ1) is 36.1. The molecule has 0 aromatic heterocycles. The Balaban J connectivity index is 1.77. The topological polar surface area (TPSA) is 228 Å². The van der Waals surface area contributed by atoms with Gasteiger partial charge in [0.15, 0.2) is 12.6 Å². The van der Waals surface area contributed by atoms with E-state index in [1.165, 1.54) is 135 Å². The lowest BCUT2D eigenvalue weighted by Crippen LogP contribution is -2.65. The van der Waals surface area contributed by atoms with Crippen molar-refractivity contribution in [3.8, 4) is 0 Å². The number of ether oxygens (including phenoxy) is 4. The molecule has 0 aromatic carbocycles. The van der Waals surface area contributed by atoms with E-state index in [1.54, 1.807) is 6.08 Å². The molecule has 0 bridgehead atoms. The second-order valence-electron chi connectivity index (χ2n) is 21.1. The summed E-state index contributed by atoms with van der Waals surface area (Å²) in [5, 5.41) is 87.0. The van der Waals surface area contributed by atoms with E-state index in [0.29, 0.717) is 12.8 Å². The van der Waals surface area contributed by atoms with Crippen LogP contribution in [0.3, 0.4) is 0 Å². The molecule has 0 aromatic rings. The van der Waals surface area contributed by atoms with Gasteiger partial charge in [0.25, 0.3) is 0 Å². The van der Waals surface area contributed by atoms with Crippen molar-refractivity contribution in [1.82, 2.24) is 5.32 Å². The average Bonchev–Trinajstić information content (AvgIpc) is 3.40. The molecule has 14 heteroatoms. The summed E-state index contributed by atoms with van der Waals surface area (Å²) in [7, 11) is 0. The molecule has 12 unspecified atom stereocenters. The first-order valence-electron chi connectivity index (χ1n) is 29.9. The molecule has 74 heavy (non-hydrogen) atoms. The van der Waals surface area contributed by atoms with Crippen LogP contribution in [0.4, 0.5) is 0 Å². The predicted octanol–water partition coefficient (Wildman–Crippen LogP) is 10.0. The minimum Gasteiger partial charge on any atom is -0.394 e. The number of aliphatic hydroxyl groups is 8. The molecule has 14 nitrogen and oxygen atoms in total. The fourth-order valence-corrected chi connectivity index (χ4v) is 9.61. The molecule has 1 amide bonds. The third-order valence-corrected chi connectivity index (χ3v) is 14.5. The van der Waals surface area contributed by atoms with Crippen molar-refractivity contribution in [2.75, 3.05) is 19.8 Å². The van der Waals surface area contributed by atoms with Gasteiger partial charge in [-0.1, -0.05) is 204 Å². The van der Waals surface area contributed by atoms with E-state index in [-0.39, 0.29) is 18.9 Å². The molecule has 2 heterocycles. The number of aliphatic hydroxyl groups excluding tert-OH is 8. The highest BCUT2D eigenvalue weighted by atomic mass is 16.7. The zero-order valence-electron chi connectivity index (χ0n) is 46.3. The standard InChI is InChI=1S/C60H109NO13/c1-3-5-7-9-11-13-15-17-19-20-21-22-23-24-25-26-27-28-29-30-31-33-35-37-39-41-43-49(64)48(61-52(65)44-42-40-38-36-34-32-18-16-14-12-10-8-6-4-2)47-71-59-57(70)55(68)58(51(46-63)73-59)74-60-56(69)54(67)53(66)50(45-62)72-60/h16,18,28-29,33,35,41,43,48-51,53-60,62-64,66-70H,3-15,17,19-27,30-32,34,36-40,42,44-47H2,1-2H3,(H,61,65)/b18-16-,29-28+,35-33+,43-41+. The third-order valence-electron chi connectivity index (χ3n) is 14.5. The molecule has 0 spiro atoms. The molecule has 12 atom stereocenters. The third kappa shape index (κ3) is 31.4. The van der Waals surface area contributed by atoms with E-state index in [9.17, 15) is 45.6 Å². The Morgan fingerprint density at radius 2 is 0.865 bits per heavy atom. The summed E-state index contributed by atoms with van der Waals surface area (Å²) in [4.78, 5) is 13.2. The molecule has 0 radical (unpaired) electrons. The smallest absolute Gasteiger partial charge is 0.220 e. The molecule has 432 valence electrons. The van der Waals surface area contributed by atoms with Gasteiger partial charge in [-0.05, 0) is 70.6 Å². The number of carbonyl (C=O) groups is 1. The van der Waals surface area contributed by atoms with Crippen LogP contribution in [0.25, 0.3) is 0 Å². The molecule has 0 aliphatic carbocycles. The number of nitrogens with one attached hydrogen (secondary N) is 1. The number of hydrogen-bond acceptors (Lipinski definition) is 13. The van der Waals surface area contributed by atoms with Gasteiger partial charge in [-0.3, -0.25) is 4.79 Å². The van der Waals surface area contributed by atoms with E-state index < -0.39 is 86.8 Å². The molecule has 2 aliphatic rings. The lowest BCUT2D eigenvalue weighted by Gasteiger charge is -2.46. The Bertz CT molecular complexity index is 1430. The van der Waals surface area contributed by atoms with Crippen LogP contribution in [0.2, 0.25) is 0 Å². The fraction of sp³-hybridized carbons (Fsp3) is 0.850. The second kappa shape index (κ2) is 45.9. The second-order valence-corrected chi connectivity index (χ2v) is 21.1. The maximum absolute atomic E-state index is 13.2. The predicted molar refractivity (Wildman–Crippen MR) is 295 cm³/mol. The Kier molecular flexibility index (Phi) is 42.2. The van der Waals surface area contributed by atoms with Crippen molar-refractivity contribution < 1.29 is 64.6 Å². The molecule has 0 saturated carbocycles. The summed E-state index contributed by atoms with van der Waals surface area (Å²) >= 11 is 0. The van der Waals surface area contributed by atoms with Crippen LogP contribution in [0.5, 0.6) is 0 Å². The van der Waals surface area contributed by atoms with Crippen LogP contribution in [-0.4, -0.2) is 140 Å². The van der Waals surface area contributed by atoms with Gasteiger partial charge in [0.05, 0.1) is 32.0 Å². The van der Waals surface area contributed by atoms with E-state index in [0.717, 1.165) is 64.2 Å². The average molecular weight is 1050 g/mol. The maximum Gasteiger partial charge on any atom is 0.220 e. The Hall–Kier alpha value is -2.05. The van der Waals surface area contributed by atoms with E-state index in [4.69, 9.17) is 18.9 Å². The number of unbranched alkanes of at least 4 members (excludes halogenated alkanes) is 28. The molecule has 9 N–H and O–H groups in total. The summed E-state index contributed by atoms with van der Waals surface area (Å²) in [5.74, 6) is -0.263. The maximum atomic E-state index is 13.2. The summed E-state index contributed by atoms with van der Waals surface area (Å²) in [6.45, 7) is 2.76. The number of allylic oxidation sites excluding steroid dienone is 7. The van der Waals surface area contributed by atoms with Crippen molar-refractivity contribution in [2.24, 2.45) is 0 Å². The van der Waals surface area contributed by atoms with Gasteiger partial charge in [0, 0.05) is 6.42 Å². The summed E-state index contributed by atoms with van der Waals surface area (Å²) < 4.78 is 22.7. The molecule has 2 aliphatic heterocycles. The zero-order chi connectivity index (χ0) is 53.9. The van der Waals surface area contributed by atoms with E-state index in [1.807, 2.05) is 6.08 Å². The van der Waals surface area contributed by atoms with E-state index >= 15 is 0 Å². The first kappa shape index (κ1) is 68.1. The van der Waals surface area contributed by atoms with Crippen LogP contribution in [-0.2, 0) is 23.7 Å². The Morgan fingerprint density at radius 1 is 0.473 bits per heavy atom. The molecular weight excluding hydrogens is 943 g/mol. The number of amides is 1. The highest BCUT2D eigenvalue weighted by Gasteiger charge is 2.51. The number of rotatable bonds is 47. The fourth-order valence-electron chi connectivity index (χ4n) is 9.61. The van der Waals surface area contributed by atoms with Crippen molar-refractivity contribution >= 4 is 5.91 Å². The van der Waals surface area contributed by atoms with Crippen molar-refractivity contribution in [1.29, 1.82) is 0 Å². The zero-order valence-corrected chi connectivity index (χ0v) is 46.3. The largest absolute Gasteiger partial charge is 0.394 e. The Labute approximate surface area is 448 Å². The number of hydrogen-bond donors (Lipinski definition) is 9. The highest BCUT2D eigenvalue weighted by molar-refractivity contribution is 5.76. The summed E-state index contributed by atoms with van der Waals surface area (Å²) in [6, 6.07) is -0.942. The van der Waals surface area contributed by atoms with Crippen LogP contribution in [0.1, 0.15) is 232 Å². The van der Waals surface area contributed by atoms with Crippen LogP contribution in [0.15, 0.2) is 48.6 Å².